The van der Waals surface area contributed by atoms with Crippen molar-refractivity contribution in [2.24, 2.45) is 5.92 Å². The molecule has 0 amide bonds. The molecule has 0 bridgehead atoms. The van der Waals surface area contributed by atoms with Gasteiger partial charge in [0.05, 0.1) is 11.5 Å². The van der Waals surface area contributed by atoms with Gasteiger partial charge in [0.1, 0.15) is 5.60 Å². The number of carboxylic acid groups (broad SMARTS) is 2. The SMILES string of the molecule is CC(=O)[O-].CC(C)(C(=O)O)c1ccc(C(O)CCCN2CCC(C(O)(c3ccccc3)c3ccccc3)CC2)cc1. The van der Waals surface area contributed by atoms with Crippen LogP contribution in [0.1, 0.15) is 74.8 Å². The second-order valence-electron chi connectivity index (χ2n) is 11.3. The number of benzene rings is 3. The summed E-state index contributed by atoms with van der Waals surface area (Å²) in [6.07, 6.45) is 2.77. The van der Waals surface area contributed by atoms with Crippen molar-refractivity contribution < 1.29 is 30.0 Å². The summed E-state index contributed by atoms with van der Waals surface area (Å²) in [6, 6.07) is 27.3. The van der Waals surface area contributed by atoms with Crippen LogP contribution in [-0.4, -0.2) is 51.8 Å². The van der Waals surface area contributed by atoms with Crippen LogP contribution in [0, 0.1) is 5.92 Å². The van der Waals surface area contributed by atoms with Crippen molar-refractivity contribution in [3.05, 3.63) is 107 Å². The Morgan fingerprint density at radius 2 is 1.34 bits per heavy atom. The molecule has 0 spiro atoms. The van der Waals surface area contributed by atoms with Crippen molar-refractivity contribution in [1.82, 2.24) is 4.90 Å². The first-order valence-electron chi connectivity index (χ1n) is 14.2. The minimum absolute atomic E-state index is 0.132. The Morgan fingerprint density at radius 1 is 0.878 bits per heavy atom. The van der Waals surface area contributed by atoms with Gasteiger partial charge < -0.3 is 30.1 Å². The first-order valence-corrected chi connectivity index (χ1v) is 14.2. The molecule has 3 aromatic rings. The van der Waals surface area contributed by atoms with E-state index in [1.54, 1.807) is 26.0 Å². The summed E-state index contributed by atoms with van der Waals surface area (Å²) >= 11 is 0. The second-order valence-corrected chi connectivity index (χ2v) is 11.3. The Kier molecular flexibility index (Phi) is 11.2. The number of aliphatic hydroxyl groups is 2. The van der Waals surface area contributed by atoms with E-state index in [1.807, 2.05) is 72.8 Å². The number of carbonyl (C=O) groups is 2. The Labute approximate surface area is 243 Å². The van der Waals surface area contributed by atoms with Gasteiger partial charge in [0.15, 0.2) is 0 Å². The normalized spacial score (nSPS) is 15.4. The standard InChI is InChI=1S/C32H39NO4.C2H4O2/c1-31(2,30(35)36)25-17-15-24(16-18-25)29(34)14-9-21-33-22-19-28(20-23-33)32(37,26-10-5-3-6-11-26)27-12-7-4-8-13-27;1-2(3)4/h3-8,10-13,15-18,28-29,34,37H,9,14,19-23H2,1-2H3,(H,35,36);1H3,(H,3,4)/p-1. The van der Waals surface area contributed by atoms with Crippen molar-refractivity contribution in [1.29, 1.82) is 0 Å². The molecule has 1 aliphatic heterocycles. The molecule has 4 rings (SSSR count). The van der Waals surface area contributed by atoms with E-state index < -0.39 is 29.1 Å². The predicted molar refractivity (Wildman–Crippen MR) is 157 cm³/mol. The van der Waals surface area contributed by atoms with Gasteiger partial charge in [-0.05, 0) is 94.3 Å². The smallest absolute Gasteiger partial charge is 0.313 e. The fraction of sp³-hybridized carbons (Fsp3) is 0.412. The Balaban J connectivity index is 0.00000108. The maximum atomic E-state index is 12.1. The zero-order valence-corrected chi connectivity index (χ0v) is 24.2. The van der Waals surface area contributed by atoms with E-state index in [0.29, 0.717) is 6.42 Å². The molecule has 0 aromatic heterocycles. The number of hydrogen-bond donors (Lipinski definition) is 3. The maximum Gasteiger partial charge on any atom is 0.313 e. The van der Waals surface area contributed by atoms with Gasteiger partial charge in [-0.1, -0.05) is 84.9 Å². The van der Waals surface area contributed by atoms with Crippen LogP contribution >= 0.6 is 0 Å². The molecule has 3 N–H and O–H groups in total. The molecular weight excluding hydrogens is 518 g/mol. The lowest BCUT2D eigenvalue weighted by molar-refractivity contribution is -0.302. The molecule has 1 fully saturated rings. The number of nitrogens with zero attached hydrogens (tertiary/aromatic N) is 1. The van der Waals surface area contributed by atoms with Gasteiger partial charge in [-0.2, -0.15) is 0 Å². The lowest BCUT2D eigenvalue weighted by Gasteiger charge is -2.42. The highest BCUT2D eigenvalue weighted by Gasteiger charge is 2.41. The van der Waals surface area contributed by atoms with E-state index in [2.05, 4.69) is 4.90 Å². The summed E-state index contributed by atoms with van der Waals surface area (Å²) in [5.74, 6) is -1.82. The molecule has 1 aliphatic rings. The van der Waals surface area contributed by atoms with Gasteiger partial charge in [-0.25, -0.2) is 0 Å². The Morgan fingerprint density at radius 3 is 1.78 bits per heavy atom. The highest BCUT2D eigenvalue weighted by molar-refractivity contribution is 5.80. The summed E-state index contributed by atoms with van der Waals surface area (Å²) in [5.41, 5.74) is 1.47. The van der Waals surface area contributed by atoms with Crippen LogP contribution in [0.2, 0.25) is 0 Å². The summed E-state index contributed by atoms with van der Waals surface area (Å²) < 4.78 is 0. The number of carbonyl (C=O) groups excluding carboxylic acids is 1. The number of carboxylic acids is 2. The zero-order valence-electron chi connectivity index (χ0n) is 24.2. The average Bonchev–Trinajstić information content (AvgIpc) is 2.97. The van der Waals surface area contributed by atoms with Crippen LogP contribution in [0.25, 0.3) is 0 Å². The maximum absolute atomic E-state index is 12.1. The van der Waals surface area contributed by atoms with E-state index in [-0.39, 0.29) is 5.92 Å². The third-order valence-corrected chi connectivity index (χ3v) is 8.11. The van der Waals surface area contributed by atoms with Gasteiger partial charge in [0.25, 0.3) is 0 Å². The molecule has 3 aromatic carbocycles. The first kappa shape index (κ1) is 32.0. The average molecular weight is 561 g/mol. The van der Waals surface area contributed by atoms with Crippen molar-refractivity contribution >= 4 is 11.9 Å². The van der Waals surface area contributed by atoms with E-state index in [4.69, 9.17) is 9.90 Å². The molecule has 7 heteroatoms. The number of likely N-dealkylation sites (tertiary alicyclic amines) is 1. The molecule has 41 heavy (non-hydrogen) atoms. The molecule has 1 atom stereocenters. The zero-order chi connectivity index (χ0) is 30.0. The molecule has 0 radical (unpaired) electrons. The molecule has 220 valence electrons. The lowest BCUT2D eigenvalue weighted by Crippen LogP contribution is -2.44. The summed E-state index contributed by atoms with van der Waals surface area (Å²) in [4.78, 5) is 22.8. The summed E-state index contributed by atoms with van der Waals surface area (Å²) in [7, 11) is 0. The number of aliphatic carboxylic acids is 2. The van der Waals surface area contributed by atoms with Gasteiger partial charge in [0.2, 0.25) is 0 Å². The minimum atomic E-state index is -1.08. The van der Waals surface area contributed by atoms with E-state index in [9.17, 15) is 20.1 Å². The van der Waals surface area contributed by atoms with Crippen molar-refractivity contribution in [2.75, 3.05) is 19.6 Å². The number of aliphatic hydroxyl groups excluding tert-OH is 1. The third-order valence-electron chi connectivity index (χ3n) is 8.11. The van der Waals surface area contributed by atoms with Crippen LogP contribution in [-0.2, 0) is 20.6 Å². The number of rotatable bonds is 10. The van der Waals surface area contributed by atoms with Gasteiger partial charge in [-0.3, -0.25) is 4.79 Å². The van der Waals surface area contributed by atoms with Gasteiger partial charge in [-0.15, -0.1) is 0 Å². The number of piperidine rings is 1. The van der Waals surface area contributed by atoms with E-state index in [0.717, 1.165) is 68.1 Å². The molecule has 1 heterocycles. The monoisotopic (exact) mass is 560 g/mol. The molecular formula is C34H42NO6-. The largest absolute Gasteiger partial charge is 0.550 e. The van der Waals surface area contributed by atoms with Crippen LogP contribution in [0.5, 0.6) is 0 Å². The third kappa shape index (κ3) is 8.26. The van der Waals surface area contributed by atoms with Crippen LogP contribution < -0.4 is 5.11 Å². The van der Waals surface area contributed by atoms with Crippen molar-refractivity contribution in [3.63, 3.8) is 0 Å². The molecule has 1 saturated heterocycles. The molecule has 0 aliphatic carbocycles. The van der Waals surface area contributed by atoms with Crippen molar-refractivity contribution in [3.8, 4) is 0 Å². The Bertz CT molecular complexity index is 1190. The summed E-state index contributed by atoms with van der Waals surface area (Å²) in [5, 5.41) is 41.1. The minimum Gasteiger partial charge on any atom is -0.550 e. The quantitative estimate of drug-likeness (QED) is 0.339. The van der Waals surface area contributed by atoms with Crippen LogP contribution in [0.15, 0.2) is 84.9 Å². The predicted octanol–water partition coefficient (Wildman–Crippen LogP) is 4.27. The highest BCUT2D eigenvalue weighted by atomic mass is 16.4. The fourth-order valence-electron chi connectivity index (χ4n) is 5.52. The van der Waals surface area contributed by atoms with Gasteiger partial charge in [0, 0.05) is 5.97 Å². The van der Waals surface area contributed by atoms with Gasteiger partial charge >= 0.3 is 5.97 Å². The topological polar surface area (TPSA) is 121 Å². The lowest BCUT2D eigenvalue weighted by atomic mass is 9.72. The summed E-state index contributed by atoms with van der Waals surface area (Å²) in [6.45, 7) is 7.08. The highest BCUT2D eigenvalue weighted by Crippen LogP contribution is 2.42. The van der Waals surface area contributed by atoms with Crippen LogP contribution in [0.3, 0.4) is 0 Å². The first-order chi connectivity index (χ1) is 19.5. The number of hydrogen-bond acceptors (Lipinski definition) is 6. The molecule has 7 nitrogen and oxygen atoms in total. The van der Waals surface area contributed by atoms with E-state index >= 15 is 0 Å². The second kappa shape index (κ2) is 14.4. The molecule has 1 unspecified atom stereocenters. The van der Waals surface area contributed by atoms with Crippen LogP contribution in [0.4, 0.5) is 0 Å². The van der Waals surface area contributed by atoms with Crippen molar-refractivity contribution in [2.45, 2.75) is 63.6 Å². The molecule has 0 saturated carbocycles. The fourth-order valence-corrected chi connectivity index (χ4v) is 5.52. The van der Waals surface area contributed by atoms with E-state index in [1.165, 1.54) is 0 Å². The Hall–Kier alpha value is -3.52.